The molecule has 3 aliphatic rings. The van der Waals surface area contributed by atoms with Gasteiger partial charge < -0.3 is 34.6 Å². The molecule has 1 spiro atoms. The van der Waals surface area contributed by atoms with Gasteiger partial charge in [0.2, 0.25) is 17.7 Å². The molecule has 7 rings (SSSR count). The Kier molecular flexibility index (Phi) is 7.19. The molecule has 0 saturated carbocycles. The first-order valence-corrected chi connectivity index (χ1v) is 16.1. The second kappa shape index (κ2) is 11.0. The number of rotatable bonds is 7. The molecule has 4 aromatic rings. The summed E-state index contributed by atoms with van der Waals surface area (Å²) in [6, 6.07) is 12.2. The van der Waals surface area contributed by atoms with E-state index in [2.05, 4.69) is 22.0 Å². The Balaban J connectivity index is 1.47. The van der Waals surface area contributed by atoms with Crippen molar-refractivity contribution in [2.24, 2.45) is 5.92 Å². The van der Waals surface area contributed by atoms with Crippen molar-refractivity contribution in [1.82, 2.24) is 20.6 Å². The number of hydrogen-bond acceptors (Lipinski definition) is 9. The topological polar surface area (TPSA) is 152 Å². The van der Waals surface area contributed by atoms with Crippen molar-refractivity contribution in [2.45, 2.75) is 89.6 Å². The molecule has 3 aliphatic heterocycles. The molecule has 0 aliphatic carbocycles. The molecule has 4 N–H and O–H groups in total. The average Bonchev–Trinajstić information content (AvgIpc) is 3.83. The number of oxazole rings is 2. The summed E-state index contributed by atoms with van der Waals surface area (Å²) >= 11 is 0. The van der Waals surface area contributed by atoms with Gasteiger partial charge in [0.25, 0.3) is 5.91 Å². The van der Waals surface area contributed by atoms with E-state index in [1.165, 1.54) is 0 Å². The van der Waals surface area contributed by atoms with Crippen molar-refractivity contribution in [2.75, 3.05) is 5.32 Å². The van der Waals surface area contributed by atoms with E-state index in [9.17, 15) is 14.7 Å². The summed E-state index contributed by atoms with van der Waals surface area (Å²) < 4.78 is 19.4. The zero-order chi connectivity index (χ0) is 32.4. The first kappa shape index (κ1) is 30.0. The van der Waals surface area contributed by atoms with Crippen LogP contribution in [0, 0.1) is 5.92 Å². The van der Waals surface area contributed by atoms with E-state index in [1.54, 1.807) is 20.1 Å². The molecule has 2 amide bonds. The lowest BCUT2D eigenvalue weighted by Crippen LogP contribution is -2.55. The maximum Gasteiger partial charge on any atom is 0.252 e. The number of nitrogens with zero attached hydrogens (tertiary/aromatic N) is 2. The summed E-state index contributed by atoms with van der Waals surface area (Å²) in [6.07, 6.45) is 2.36. The van der Waals surface area contributed by atoms with Crippen LogP contribution in [0.25, 0.3) is 11.6 Å². The molecule has 240 valence electrons. The molecule has 5 heterocycles. The predicted molar refractivity (Wildman–Crippen MR) is 169 cm³/mol. The van der Waals surface area contributed by atoms with E-state index in [1.807, 2.05) is 57.2 Å². The Morgan fingerprint density at radius 1 is 1.11 bits per heavy atom. The largest absolute Gasteiger partial charge is 0.469 e. The van der Waals surface area contributed by atoms with Gasteiger partial charge in [-0.2, -0.15) is 0 Å². The van der Waals surface area contributed by atoms with Crippen molar-refractivity contribution < 1.29 is 28.3 Å². The SMILES string of the molecule is CCc1coc(-c2nc3oc2C24c5ccccc5N[C@H]2Oc2ccc(cc24)C[C@H](NC(=O)C(O)(CC)CC)C(=O)N[C@H]3C(C)C)n1. The van der Waals surface area contributed by atoms with Gasteiger partial charge in [0, 0.05) is 17.7 Å². The highest BCUT2D eigenvalue weighted by atomic mass is 16.5. The van der Waals surface area contributed by atoms with Crippen LogP contribution in [0.5, 0.6) is 5.75 Å². The molecule has 2 aromatic carbocycles. The summed E-state index contributed by atoms with van der Waals surface area (Å²) in [5, 5.41) is 20.5. The summed E-state index contributed by atoms with van der Waals surface area (Å²) in [5.41, 5.74) is 2.13. The Bertz CT molecular complexity index is 1820. The van der Waals surface area contributed by atoms with Gasteiger partial charge in [0.05, 0.1) is 5.69 Å². The number of anilines is 1. The Morgan fingerprint density at radius 3 is 2.61 bits per heavy atom. The van der Waals surface area contributed by atoms with Crippen LogP contribution in [-0.4, -0.2) is 44.8 Å². The van der Waals surface area contributed by atoms with Crippen molar-refractivity contribution in [3.63, 3.8) is 0 Å². The highest BCUT2D eigenvalue weighted by Crippen LogP contribution is 2.59. The quantitative estimate of drug-likeness (QED) is 0.228. The maximum atomic E-state index is 14.0. The second-order valence-corrected chi connectivity index (χ2v) is 12.8. The molecule has 46 heavy (non-hydrogen) atoms. The van der Waals surface area contributed by atoms with Gasteiger partial charge in [0.1, 0.15) is 35.1 Å². The van der Waals surface area contributed by atoms with E-state index in [4.69, 9.17) is 23.5 Å². The lowest BCUT2D eigenvalue weighted by Gasteiger charge is -2.30. The maximum absolute atomic E-state index is 14.0. The zero-order valence-electron chi connectivity index (χ0n) is 26.6. The van der Waals surface area contributed by atoms with Gasteiger partial charge in [-0.1, -0.05) is 65.0 Å². The molecule has 1 unspecified atom stereocenters. The number of aryl methyl sites for hydroxylation is 1. The molecule has 11 heteroatoms. The molecule has 0 fully saturated rings. The van der Waals surface area contributed by atoms with Crippen molar-refractivity contribution >= 4 is 17.5 Å². The predicted octanol–water partition coefficient (Wildman–Crippen LogP) is 4.78. The summed E-state index contributed by atoms with van der Waals surface area (Å²) in [7, 11) is 0. The minimum atomic E-state index is -1.59. The number of para-hydroxylation sites is 1. The first-order chi connectivity index (χ1) is 22.1. The number of amides is 2. The molecule has 11 nitrogen and oxygen atoms in total. The Hall–Kier alpha value is -4.64. The minimum absolute atomic E-state index is 0.142. The van der Waals surface area contributed by atoms with Crippen LogP contribution in [0.2, 0.25) is 0 Å². The number of aromatic nitrogens is 2. The lowest BCUT2D eigenvalue weighted by molar-refractivity contribution is -0.143. The van der Waals surface area contributed by atoms with Crippen molar-refractivity contribution in [3.05, 3.63) is 82.8 Å². The van der Waals surface area contributed by atoms with Gasteiger partial charge in [-0.05, 0) is 48.4 Å². The van der Waals surface area contributed by atoms with Crippen LogP contribution in [0.1, 0.15) is 87.5 Å². The summed E-state index contributed by atoms with van der Waals surface area (Å²) in [5.74, 6) is 0.633. The normalized spacial score (nSPS) is 23.0. The van der Waals surface area contributed by atoms with E-state index >= 15 is 0 Å². The number of carbonyl (C=O) groups is 2. The summed E-state index contributed by atoms with van der Waals surface area (Å²) in [6.45, 7) is 9.43. The van der Waals surface area contributed by atoms with Gasteiger partial charge >= 0.3 is 0 Å². The molecule has 0 saturated heterocycles. The first-order valence-electron chi connectivity index (χ1n) is 16.1. The van der Waals surface area contributed by atoms with Crippen LogP contribution in [-0.2, 0) is 27.8 Å². The van der Waals surface area contributed by atoms with E-state index in [0.29, 0.717) is 29.5 Å². The summed E-state index contributed by atoms with van der Waals surface area (Å²) in [4.78, 5) is 37.1. The van der Waals surface area contributed by atoms with Gasteiger partial charge in [-0.15, -0.1) is 0 Å². The fraction of sp³-hybridized carbons (Fsp3) is 0.429. The van der Waals surface area contributed by atoms with Gasteiger partial charge in [-0.25, -0.2) is 9.97 Å². The molecular formula is C35H39N5O6. The fourth-order valence-electron chi connectivity index (χ4n) is 6.89. The van der Waals surface area contributed by atoms with Crippen molar-refractivity contribution in [3.8, 4) is 17.3 Å². The third-order valence-electron chi connectivity index (χ3n) is 9.75. The Labute approximate surface area is 267 Å². The van der Waals surface area contributed by atoms with Crippen molar-refractivity contribution in [1.29, 1.82) is 0 Å². The monoisotopic (exact) mass is 625 g/mol. The number of aliphatic hydroxyl groups is 1. The van der Waals surface area contributed by atoms with Crippen LogP contribution >= 0.6 is 0 Å². The van der Waals surface area contributed by atoms with E-state index in [0.717, 1.165) is 28.1 Å². The number of benzene rings is 2. The lowest BCUT2D eigenvalue weighted by atomic mass is 9.72. The molecule has 0 radical (unpaired) electrons. The molecule has 4 bridgehead atoms. The fourth-order valence-corrected chi connectivity index (χ4v) is 6.89. The van der Waals surface area contributed by atoms with Crippen LogP contribution in [0.4, 0.5) is 5.69 Å². The van der Waals surface area contributed by atoms with Gasteiger partial charge in [-0.3, -0.25) is 9.59 Å². The number of carbonyl (C=O) groups excluding carboxylic acids is 2. The number of hydrogen-bond donors (Lipinski definition) is 4. The standard InChI is InChI=1S/C35H39N5O6/c1-6-20-17-44-30(36-20)27-28-35-21-11-9-10-12-23(21)38-33(35)45-25-14-13-19(15-22(25)35)16-24(37-32(42)34(43,7-2)8-3)29(41)39-26(18(4)5)31(40-27)46-28/h9-15,17-18,24,26,33,38,43H,6-8,16H2,1-5H3,(H,37,42)(H,39,41)/t24-,26-,33-,35?/m0/s1. The number of fused-ring (bicyclic) bond motifs is 4. The third kappa shape index (κ3) is 4.43. The number of nitrogens with one attached hydrogen (secondary N) is 3. The van der Waals surface area contributed by atoms with E-state index < -0.39 is 41.1 Å². The smallest absolute Gasteiger partial charge is 0.252 e. The number of ether oxygens (including phenoxy) is 1. The van der Waals surface area contributed by atoms with E-state index in [-0.39, 0.29) is 31.1 Å². The van der Waals surface area contributed by atoms with Crippen LogP contribution in [0.3, 0.4) is 0 Å². The molecule has 4 atom stereocenters. The Morgan fingerprint density at radius 2 is 1.89 bits per heavy atom. The van der Waals surface area contributed by atoms with Crippen LogP contribution in [0.15, 0.2) is 57.6 Å². The average molecular weight is 626 g/mol. The highest BCUT2D eigenvalue weighted by Gasteiger charge is 2.61. The third-order valence-corrected chi connectivity index (χ3v) is 9.75. The molecule has 2 aromatic heterocycles. The second-order valence-electron chi connectivity index (χ2n) is 12.8. The van der Waals surface area contributed by atoms with Crippen LogP contribution < -0.4 is 20.7 Å². The minimum Gasteiger partial charge on any atom is -0.469 e. The zero-order valence-corrected chi connectivity index (χ0v) is 26.6. The highest BCUT2D eigenvalue weighted by molar-refractivity contribution is 5.91. The van der Waals surface area contributed by atoms with Gasteiger partial charge in [0.15, 0.2) is 17.7 Å². The molecular weight excluding hydrogens is 586 g/mol.